The number of carbonyl (C=O) groups excluding carboxylic acids is 1. The molecule has 0 fully saturated rings. The SMILES string of the molecule is Cl.O=C(C=Cc1ccc(Cl)cc1)c1cc2cc(-c3ccccc3)ccc2o1. The molecule has 0 atom stereocenters. The number of benzene rings is 3. The van der Waals surface area contributed by atoms with Crippen molar-refractivity contribution >= 4 is 46.8 Å². The minimum absolute atomic E-state index is 0. The van der Waals surface area contributed by atoms with Gasteiger partial charge in [-0.1, -0.05) is 66.2 Å². The van der Waals surface area contributed by atoms with Gasteiger partial charge >= 0.3 is 0 Å². The maximum atomic E-state index is 12.4. The summed E-state index contributed by atoms with van der Waals surface area (Å²) in [5, 5.41) is 1.58. The van der Waals surface area contributed by atoms with Gasteiger partial charge < -0.3 is 4.42 Å². The Hall–Kier alpha value is -2.81. The summed E-state index contributed by atoms with van der Waals surface area (Å²) >= 11 is 5.87. The van der Waals surface area contributed by atoms with E-state index in [2.05, 4.69) is 12.1 Å². The number of carbonyl (C=O) groups is 1. The minimum Gasteiger partial charge on any atom is -0.453 e. The average molecular weight is 395 g/mol. The highest BCUT2D eigenvalue weighted by molar-refractivity contribution is 6.30. The Morgan fingerprint density at radius 3 is 2.33 bits per heavy atom. The number of furan rings is 1. The van der Waals surface area contributed by atoms with E-state index in [1.807, 2.05) is 48.5 Å². The second-order valence-electron chi connectivity index (χ2n) is 5.98. The van der Waals surface area contributed by atoms with Crippen molar-refractivity contribution in [3.05, 3.63) is 101 Å². The van der Waals surface area contributed by atoms with Crippen LogP contribution in [0.2, 0.25) is 5.02 Å². The zero-order valence-corrected chi connectivity index (χ0v) is 15.8. The van der Waals surface area contributed by atoms with Crippen LogP contribution in [0.5, 0.6) is 0 Å². The summed E-state index contributed by atoms with van der Waals surface area (Å²) in [7, 11) is 0. The summed E-state index contributed by atoms with van der Waals surface area (Å²) in [6.07, 6.45) is 3.26. The fourth-order valence-corrected chi connectivity index (χ4v) is 2.93. The molecule has 0 spiro atoms. The Labute approximate surface area is 168 Å². The Bertz CT molecular complexity index is 1090. The van der Waals surface area contributed by atoms with Crippen LogP contribution < -0.4 is 0 Å². The van der Waals surface area contributed by atoms with Crippen molar-refractivity contribution in [1.29, 1.82) is 0 Å². The molecule has 0 aliphatic rings. The third kappa shape index (κ3) is 4.30. The van der Waals surface area contributed by atoms with Gasteiger partial charge in [-0.3, -0.25) is 4.79 Å². The molecule has 27 heavy (non-hydrogen) atoms. The molecule has 3 aromatic carbocycles. The highest BCUT2D eigenvalue weighted by Gasteiger charge is 2.10. The third-order valence-electron chi connectivity index (χ3n) is 4.16. The van der Waals surface area contributed by atoms with Crippen LogP contribution in [0.15, 0.2) is 89.4 Å². The van der Waals surface area contributed by atoms with E-state index < -0.39 is 0 Å². The lowest BCUT2D eigenvalue weighted by Gasteiger charge is -2.00. The topological polar surface area (TPSA) is 30.2 Å². The van der Waals surface area contributed by atoms with Crippen molar-refractivity contribution < 1.29 is 9.21 Å². The normalized spacial score (nSPS) is 10.9. The van der Waals surface area contributed by atoms with Crippen LogP contribution in [0.3, 0.4) is 0 Å². The first kappa shape index (κ1) is 19.0. The Kier molecular flexibility index (Phi) is 5.80. The molecular formula is C23H16Cl2O2. The number of rotatable bonds is 4. The van der Waals surface area contributed by atoms with Gasteiger partial charge in [0.1, 0.15) is 5.58 Å². The first-order valence-corrected chi connectivity index (χ1v) is 8.64. The fraction of sp³-hybridized carbons (Fsp3) is 0. The van der Waals surface area contributed by atoms with Crippen LogP contribution in [0, 0.1) is 0 Å². The molecule has 0 saturated carbocycles. The Balaban J connectivity index is 0.00000210. The van der Waals surface area contributed by atoms with Gasteiger partial charge in [-0.2, -0.15) is 0 Å². The highest BCUT2D eigenvalue weighted by atomic mass is 35.5. The van der Waals surface area contributed by atoms with Crippen LogP contribution in [0.1, 0.15) is 16.1 Å². The Morgan fingerprint density at radius 1 is 0.852 bits per heavy atom. The highest BCUT2D eigenvalue weighted by Crippen LogP contribution is 2.27. The molecule has 0 saturated heterocycles. The number of halogens is 2. The van der Waals surface area contributed by atoms with Crippen molar-refractivity contribution in [2.75, 3.05) is 0 Å². The molecule has 0 amide bonds. The zero-order valence-electron chi connectivity index (χ0n) is 14.3. The number of hydrogen-bond donors (Lipinski definition) is 0. The molecule has 0 bridgehead atoms. The van der Waals surface area contributed by atoms with Crippen LogP contribution in [-0.2, 0) is 0 Å². The molecule has 1 aromatic heterocycles. The van der Waals surface area contributed by atoms with Crippen LogP contribution in [-0.4, -0.2) is 5.78 Å². The molecular weight excluding hydrogens is 379 g/mol. The van der Waals surface area contributed by atoms with Crippen molar-refractivity contribution in [2.45, 2.75) is 0 Å². The lowest BCUT2D eigenvalue weighted by molar-refractivity contribution is 0.102. The monoisotopic (exact) mass is 394 g/mol. The molecule has 1 heterocycles. The fourth-order valence-electron chi connectivity index (χ4n) is 2.80. The van der Waals surface area contributed by atoms with E-state index in [0.29, 0.717) is 16.4 Å². The van der Waals surface area contributed by atoms with E-state index >= 15 is 0 Å². The van der Waals surface area contributed by atoms with E-state index in [9.17, 15) is 4.79 Å². The number of hydrogen-bond acceptors (Lipinski definition) is 2. The number of ketones is 1. The lowest BCUT2D eigenvalue weighted by atomic mass is 10.0. The predicted molar refractivity (Wildman–Crippen MR) is 114 cm³/mol. The second-order valence-corrected chi connectivity index (χ2v) is 6.41. The van der Waals surface area contributed by atoms with E-state index in [-0.39, 0.29) is 18.2 Å². The Morgan fingerprint density at radius 2 is 1.59 bits per heavy atom. The molecule has 0 aliphatic heterocycles. The second kappa shape index (κ2) is 8.26. The summed E-state index contributed by atoms with van der Waals surface area (Å²) in [6, 6.07) is 25.1. The summed E-state index contributed by atoms with van der Waals surface area (Å²) < 4.78 is 5.71. The van der Waals surface area contributed by atoms with Crippen molar-refractivity contribution in [2.24, 2.45) is 0 Å². The van der Waals surface area contributed by atoms with Gasteiger partial charge in [-0.25, -0.2) is 0 Å². The predicted octanol–water partition coefficient (Wildman–Crippen LogP) is 7.07. The van der Waals surface area contributed by atoms with Gasteiger partial charge in [0.2, 0.25) is 5.78 Å². The van der Waals surface area contributed by atoms with Gasteiger partial charge in [0.05, 0.1) is 0 Å². The summed E-state index contributed by atoms with van der Waals surface area (Å²) in [5.74, 6) is 0.160. The van der Waals surface area contributed by atoms with Gasteiger partial charge in [0, 0.05) is 10.4 Å². The average Bonchev–Trinajstić information content (AvgIpc) is 3.11. The van der Waals surface area contributed by atoms with Gasteiger partial charge in [-0.15, -0.1) is 12.4 Å². The van der Waals surface area contributed by atoms with Crippen molar-refractivity contribution in [3.63, 3.8) is 0 Å². The molecule has 0 aliphatic carbocycles. The third-order valence-corrected chi connectivity index (χ3v) is 4.42. The summed E-state index contributed by atoms with van der Waals surface area (Å²) in [4.78, 5) is 12.4. The minimum atomic E-state index is -0.169. The van der Waals surface area contributed by atoms with E-state index in [1.165, 1.54) is 6.08 Å². The molecule has 0 N–H and O–H groups in total. The van der Waals surface area contributed by atoms with Crippen LogP contribution in [0.4, 0.5) is 0 Å². The summed E-state index contributed by atoms with van der Waals surface area (Å²) in [6.45, 7) is 0. The van der Waals surface area contributed by atoms with Crippen molar-refractivity contribution in [1.82, 2.24) is 0 Å². The quantitative estimate of drug-likeness (QED) is 0.273. The first-order valence-electron chi connectivity index (χ1n) is 8.26. The van der Waals surface area contributed by atoms with Gasteiger partial charge in [0.15, 0.2) is 5.76 Å². The molecule has 4 rings (SSSR count). The van der Waals surface area contributed by atoms with Gasteiger partial charge in [0.25, 0.3) is 0 Å². The van der Waals surface area contributed by atoms with Crippen LogP contribution >= 0.6 is 24.0 Å². The lowest BCUT2D eigenvalue weighted by Crippen LogP contribution is -1.90. The largest absolute Gasteiger partial charge is 0.453 e. The first-order chi connectivity index (χ1) is 12.7. The molecule has 0 unspecified atom stereocenters. The maximum absolute atomic E-state index is 12.4. The number of fused-ring (bicyclic) bond motifs is 1. The van der Waals surface area contributed by atoms with Crippen molar-refractivity contribution in [3.8, 4) is 11.1 Å². The smallest absolute Gasteiger partial charge is 0.221 e. The van der Waals surface area contributed by atoms with Crippen LogP contribution in [0.25, 0.3) is 28.2 Å². The standard InChI is InChI=1S/C23H15ClO2.ClH/c24-20-10-6-16(7-11-20)8-12-21(25)23-15-19-14-18(9-13-22(19)26-23)17-4-2-1-3-5-17;/h1-15H;1H. The molecule has 2 nitrogen and oxygen atoms in total. The molecule has 134 valence electrons. The van der Waals surface area contributed by atoms with E-state index in [4.69, 9.17) is 16.0 Å². The number of allylic oxidation sites excluding steroid dienone is 1. The summed E-state index contributed by atoms with van der Waals surface area (Å²) in [5.41, 5.74) is 3.83. The molecule has 4 aromatic rings. The molecule has 4 heteroatoms. The maximum Gasteiger partial charge on any atom is 0.221 e. The van der Waals surface area contributed by atoms with Gasteiger partial charge in [-0.05, 0) is 53.1 Å². The van der Waals surface area contributed by atoms with E-state index in [0.717, 1.165) is 22.1 Å². The molecule has 0 radical (unpaired) electrons. The zero-order chi connectivity index (χ0) is 17.9. The van der Waals surface area contributed by atoms with E-state index in [1.54, 1.807) is 24.3 Å².